The van der Waals surface area contributed by atoms with Gasteiger partial charge in [-0.1, -0.05) is 17.7 Å². The molecular formula is C20H21IrNO4. The van der Waals surface area contributed by atoms with E-state index in [2.05, 4.69) is 17.1 Å². The van der Waals surface area contributed by atoms with Crippen molar-refractivity contribution in [1.82, 2.24) is 0 Å². The Morgan fingerprint density at radius 3 is 2.73 bits per heavy atom. The van der Waals surface area contributed by atoms with Crippen LogP contribution in [0.5, 0.6) is 0 Å². The summed E-state index contributed by atoms with van der Waals surface area (Å²) in [4.78, 5) is 24.6. The van der Waals surface area contributed by atoms with Gasteiger partial charge in [-0.05, 0) is 25.3 Å². The SMILES string of the molecule is CC(=[OH+])/C=C(/C)O.O=C1CC2=C(CCC=C2)N=C(c2[c-]cccc2)O1.[Ir]. The summed E-state index contributed by atoms with van der Waals surface area (Å²) in [6, 6.07) is 10.4. The number of cyclic esters (lactones) is 1. The van der Waals surface area contributed by atoms with E-state index in [0.717, 1.165) is 24.1 Å². The number of ether oxygens (including phenoxy) is 1. The first-order valence-corrected chi connectivity index (χ1v) is 8.00. The van der Waals surface area contributed by atoms with Crippen LogP contribution in [0.15, 0.2) is 64.5 Å². The van der Waals surface area contributed by atoms with Gasteiger partial charge in [0, 0.05) is 25.8 Å². The van der Waals surface area contributed by atoms with Gasteiger partial charge in [0.05, 0.1) is 25.2 Å². The Hall–Kier alpha value is -2.30. The molecule has 1 aliphatic heterocycles. The van der Waals surface area contributed by atoms with E-state index < -0.39 is 0 Å². The van der Waals surface area contributed by atoms with Crippen molar-refractivity contribution in [2.24, 2.45) is 4.99 Å². The summed E-state index contributed by atoms with van der Waals surface area (Å²) in [5, 5.41) is 8.40. The van der Waals surface area contributed by atoms with E-state index in [1.54, 1.807) is 6.07 Å². The summed E-state index contributed by atoms with van der Waals surface area (Å²) in [5.41, 5.74) is 2.64. The molecule has 0 saturated carbocycles. The van der Waals surface area contributed by atoms with E-state index in [1.165, 1.54) is 19.9 Å². The maximum absolute atomic E-state index is 11.7. The molecule has 1 heterocycles. The molecule has 0 saturated heterocycles. The number of ketones is 1. The molecule has 1 aliphatic carbocycles. The Kier molecular flexibility index (Phi) is 8.89. The summed E-state index contributed by atoms with van der Waals surface area (Å²) in [6.45, 7) is 3.00. The summed E-state index contributed by atoms with van der Waals surface area (Å²) >= 11 is 0. The van der Waals surface area contributed by atoms with Gasteiger partial charge in [0.2, 0.25) is 0 Å². The fraction of sp³-hybridized carbons (Fsp3) is 0.250. The number of aliphatic imine (C=N–C) groups is 1. The van der Waals surface area contributed by atoms with E-state index in [9.17, 15) is 4.79 Å². The predicted molar refractivity (Wildman–Crippen MR) is 96.9 cm³/mol. The number of aliphatic hydroxyl groups excluding tert-OH is 1. The Morgan fingerprint density at radius 1 is 1.38 bits per heavy atom. The Labute approximate surface area is 166 Å². The summed E-state index contributed by atoms with van der Waals surface area (Å²) in [7, 11) is 0. The number of hydrogen-bond donors (Lipinski definition) is 1. The quantitative estimate of drug-likeness (QED) is 0.207. The van der Waals surface area contributed by atoms with E-state index in [1.807, 2.05) is 24.3 Å². The largest absolute Gasteiger partial charge is 0.512 e. The first kappa shape index (κ1) is 21.7. The number of aliphatic hydroxyl groups is 1. The van der Waals surface area contributed by atoms with Crippen LogP contribution in [0.2, 0.25) is 0 Å². The van der Waals surface area contributed by atoms with Crippen LogP contribution in [0.3, 0.4) is 0 Å². The first-order chi connectivity index (χ1) is 12.0. The molecule has 0 amide bonds. The Balaban J connectivity index is 0.000000366. The summed E-state index contributed by atoms with van der Waals surface area (Å²) in [5.74, 6) is 0.350. The van der Waals surface area contributed by atoms with E-state index in [4.69, 9.17) is 14.6 Å². The smallest absolute Gasteiger partial charge is 0.316 e. The monoisotopic (exact) mass is 532 g/mol. The van der Waals surface area contributed by atoms with Crippen molar-refractivity contribution in [3.05, 3.63) is 71.2 Å². The number of carbonyl (C=O) groups is 1. The molecular weight excluding hydrogens is 510 g/mol. The molecule has 2 aliphatic rings. The van der Waals surface area contributed by atoms with Crippen LogP contribution in [0.1, 0.15) is 38.7 Å². The average Bonchev–Trinajstić information content (AvgIpc) is 2.73. The van der Waals surface area contributed by atoms with Crippen molar-refractivity contribution in [3.8, 4) is 0 Å². The van der Waals surface area contributed by atoms with E-state index in [0.29, 0.717) is 17.9 Å². The van der Waals surface area contributed by atoms with Gasteiger partial charge in [0.25, 0.3) is 0 Å². The third kappa shape index (κ3) is 6.90. The molecule has 1 radical (unpaired) electrons. The minimum Gasteiger partial charge on any atom is -0.512 e. The van der Waals surface area contributed by atoms with Crippen LogP contribution in [-0.2, 0) is 29.6 Å². The second kappa shape index (κ2) is 10.6. The molecule has 1 aromatic carbocycles. The molecule has 26 heavy (non-hydrogen) atoms. The minimum absolute atomic E-state index is 0. The van der Waals surface area contributed by atoms with Crippen molar-refractivity contribution in [3.63, 3.8) is 0 Å². The number of allylic oxidation sites excluding steroid dienone is 5. The molecule has 0 fully saturated rings. The van der Waals surface area contributed by atoms with Crippen LogP contribution in [0.4, 0.5) is 0 Å². The van der Waals surface area contributed by atoms with Crippen LogP contribution in [0.25, 0.3) is 0 Å². The normalized spacial score (nSPS) is 16.2. The maximum atomic E-state index is 11.7. The molecule has 6 heteroatoms. The molecule has 0 bridgehead atoms. The minimum atomic E-state index is -0.262. The average molecular weight is 532 g/mol. The van der Waals surface area contributed by atoms with Crippen LogP contribution >= 0.6 is 0 Å². The molecule has 0 spiro atoms. The molecule has 139 valence electrons. The zero-order valence-corrected chi connectivity index (χ0v) is 17.0. The van der Waals surface area contributed by atoms with Gasteiger partial charge in [-0.3, -0.25) is 14.6 Å². The second-order valence-corrected chi connectivity index (χ2v) is 5.68. The van der Waals surface area contributed by atoms with Gasteiger partial charge < -0.3 is 9.84 Å². The second-order valence-electron chi connectivity index (χ2n) is 5.68. The topological polar surface area (TPSA) is 80.3 Å². The Morgan fingerprint density at radius 2 is 2.15 bits per heavy atom. The third-order valence-corrected chi connectivity index (χ3v) is 3.38. The number of rotatable bonds is 2. The van der Waals surface area contributed by atoms with Crippen molar-refractivity contribution >= 4 is 17.7 Å². The number of nitrogens with zero attached hydrogens (tertiary/aromatic N) is 1. The molecule has 0 unspecified atom stereocenters. The van der Waals surface area contributed by atoms with Gasteiger partial charge in [0.15, 0.2) is 0 Å². The number of benzene rings is 1. The summed E-state index contributed by atoms with van der Waals surface area (Å²) in [6.07, 6.45) is 7.44. The zero-order chi connectivity index (χ0) is 18.2. The van der Waals surface area contributed by atoms with Crippen molar-refractivity contribution in [2.45, 2.75) is 33.1 Å². The molecule has 0 atom stereocenters. The van der Waals surface area contributed by atoms with E-state index in [-0.39, 0.29) is 37.6 Å². The number of esters is 1. The molecule has 5 nitrogen and oxygen atoms in total. The van der Waals surface area contributed by atoms with Crippen LogP contribution < -0.4 is 0 Å². The molecule has 0 aromatic heterocycles. The van der Waals surface area contributed by atoms with Crippen molar-refractivity contribution < 1.29 is 39.5 Å². The van der Waals surface area contributed by atoms with Gasteiger partial charge in [-0.15, -0.1) is 30.3 Å². The zero-order valence-electron chi connectivity index (χ0n) is 14.7. The van der Waals surface area contributed by atoms with E-state index >= 15 is 0 Å². The fourth-order valence-electron chi connectivity index (χ4n) is 2.38. The molecule has 1 aromatic rings. The first-order valence-electron chi connectivity index (χ1n) is 8.00. The fourth-order valence-corrected chi connectivity index (χ4v) is 2.38. The van der Waals surface area contributed by atoms with Gasteiger partial charge in [-0.2, -0.15) is 0 Å². The van der Waals surface area contributed by atoms with Gasteiger partial charge >= 0.3 is 11.8 Å². The Bertz CT molecular complexity index is 772. The van der Waals surface area contributed by atoms with Gasteiger partial charge in [0.1, 0.15) is 5.90 Å². The van der Waals surface area contributed by atoms with Gasteiger partial charge in [-0.25, -0.2) is 0 Å². The molecule has 2 N–H and O–H groups in total. The maximum Gasteiger partial charge on any atom is 0.316 e. The third-order valence-electron chi connectivity index (χ3n) is 3.38. The molecule has 3 rings (SSSR count). The van der Waals surface area contributed by atoms with Crippen molar-refractivity contribution in [1.29, 1.82) is 0 Å². The number of hydrogen-bond acceptors (Lipinski definition) is 4. The number of carbonyl (C=O) groups excluding carboxylic acids is 2. The van der Waals surface area contributed by atoms with Crippen molar-refractivity contribution in [2.75, 3.05) is 0 Å². The predicted octanol–water partition coefficient (Wildman–Crippen LogP) is 3.79. The van der Waals surface area contributed by atoms with Crippen LogP contribution in [-0.4, -0.2) is 27.6 Å². The van der Waals surface area contributed by atoms with Crippen LogP contribution in [0, 0.1) is 6.07 Å². The standard InChI is InChI=1S/C15H12NO2.C5H8O2.Ir/c17-14-10-12-8-4-5-9-13(12)16-15(18-14)11-6-2-1-3-7-11;1-4(6)3-5(2)7;/h1-4,6,8H,5,9-10H2;3,6H,1-2H3;/q-1;;/p+1/b;4-3-;. The summed E-state index contributed by atoms with van der Waals surface area (Å²) < 4.78 is 5.29.